The van der Waals surface area contributed by atoms with E-state index in [1.54, 1.807) is 23.7 Å². The zero-order valence-corrected chi connectivity index (χ0v) is 16.8. The van der Waals surface area contributed by atoms with Gasteiger partial charge in [-0.15, -0.1) is 11.3 Å². The molecule has 2 aromatic heterocycles. The molecule has 1 saturated heterocycles. The van der Waals surface area contributed by atoms with Gasteiger partial charge in [0.15, 0.2) is 0 Å². The minimum atomic E-state index is 0.330. The van der Waals surface area contributed by atoms with Crippen molar-refractivity contribution in [3.05, 3.63) is 72.6 Å². The van der Waals surface area contributed by atoms with E-state index >= 15 is 0 Å². The van der Waals surface area contributed by atoms with Gasteiger partial charge >= 0.3 is 0 Å². The summed E-state index contributed by atoms with van der Waals surface area (Å²) >= 11 is 1.72. The summed E-state index contributed by atoms with van der Waals surface area (Å²) in [5, 5.41) is 10.8. The van der Waals surface area contributed by atoms with E-state index in [1.165, 1.54) is 10.4 Å². The maximum atomic E-state index is 9.68. The maximum Gasteiger partial charge on any atom is 0.140 e. The molecule has 0 radical (unpaired) electrons. The molecule has 5 nitrogen and oxygen atoms in total. The molecule has 5 rings (SSSR count). The molecule has 146 valence electrons. The molecule has 0 saturated carbocycles. The lowest BCUT2D eigenvalue weighted by Crippen LogP contribution is -2.46. The van der Waals surface area contributed by atoms with E-state index in [2.05, 4.69) is 56.2 Å². The molecule has 3 heterocycles. The first kappa shape index (κ1) is 18.1. The Morgan fingerprint density at radius 1 is 0.897 bits per heavy atom. The Kier molecular flexibility index (Phi) is 4.87. The minimum Gasteiger partial charge on any atom is -0.508 e. The summed E-state index contributed by atoms with van der Waals surface area (Å²) < 4.78 is 0. The summed E-state index contributed by atoms with van der Waals surface area (Å²) in [4.78, 5) is 16.2. The van der Waals surface area contributed by atoms with Crippen molar-refractivity contribution >= 4 is 27.4 Å². The highest BCUT2D eigenvalue weighted by Gasteiger charge is 2.21. The van der Waals surface area contributed by atoms with Crippen molar-refractivity contribution in [1.82, 2.24) is 14.9 Å². The molecule has 0 aliphatic carbocycles. The molecule has 1 fully saturated rings. The smallest absolute Gasteiger partial charge is 0.140 e. The highest BCUT2D eigenvalue weighted by molar-refractivity contribution is 7.21. The van der Waals surface area contributed by atoms with E-state index in [0.29, 0.717) is 5.75 Å². The zero-order valence-electron chi connectivity index (χ0n) is 16.0. The molecule has 2 aromatic carbocycles. The summed E-state index contributed by atoms with van der Waals surface area (Å²) in [6, 6.07) is 20.2. The number of hydrogen-bond acceptors (Lipinski definition) is 6. The Morgan fingerprint density at radius 3 is 2.52 bits per heavy atom. The summed E-state index contributed by atoms with van der Waals surface area (Å²) in [7, 11) is 0. The molecule has 0 bridgehead atoms. The van der Waals surface area contributed by atoms with Crippen LogP contribution in [0.15, 0.2) is 67.0 Å². The molecule has 1 aliphatic rings. The largest absolute Gasteiger partial charge is 0.508 e. The van der Waals surface area contributed by atoms with Crippen LogP contribution in [-0.2, 0) is 6.54 Å². The average molecular weight is 403 g/mol. The number of anilines is 1. The van der Waals surface area contributed by atoms with Crippen LogP contribution in [0.2, 0.25) is 0 Å². The fraction of sp³-hybridized carbons (Fsp3) is 0.217. The van der Waals surface area contributed by atoms with Gasteiger partial charge in [-0.2, -0.15) is 0 Å². The normalized spacial score (nSPS) is 15.1. The third-order valence-electron chi connectivity index (χ3n) is 5.36. The Hall–Kier alpha value is -2.96. The van der Waals surface area contributed by atoms with Crippen molar-refractivity contribution in [2.75, 3.05) is 31.1 Å². The average Bonchev–Trinajstić information content (AvgIpc) is 3.20. The standard InChI is InChI=1S/C23H22N4OS/c28-19-8-4-5-17(13-19)15-26-9-11-27(12-10-26)22-20-14-21(18-6-2-1-3-7-18)29-23(20)25-16-24-22/h1-8,13-14,16,28H,9-12,15H2. The third-order valence-corrected chi connectivity index (χ3v) is 6.45. The molecule has 4 aromatic rings. The summed E-state index contributed by atoms with van der Waals surface area (Å²) in [5.74, 6) is 1.36. The van der Waals surface area contributed by atoms with Crippen molar-refractivity contribution in [3.63, 3.8) is 0 Å². The number of nitrogens with zero attached hydrogens (tertiary/aromatic N) is 4. The van der Waals surface area contributed by atoms with Crippen LogP contribution >= 0.6 is 11.3 Å². The molecule has 0 unspecified atom stereocenters. The number of fused-ring (bicyclic) bond motifs is 1. The van der Waals surface area contributed by atoms with Gasteiger partial charge in [0.25, 0.3) is 0 Å². The van der Waals surface area contributed by atoms with E-state index in [4.69, 9.17) is 0 Å². The molecular formula is C23H22N4OS. The SMILES string of the molecule is Oc1cccc(CN2CCN(c3ncnc4sc(-c5ccccc5)cc34)CC2)c1. The van der Waals surface area contributed by atoms with Crippen LogP contribution in [-0.4, -0.2) is 46.2 Å². The van der Waals surface area contributed by atoms with Crippen LogP contribution in [0.4, 0.5) is 5.82 Å². The highest BCUT2D eigenvalue weighted by Crippen LogP contribution is 2.36. The van der Waals surface area contributed by atoms with Gasteiger partial charge in [-0.1, -0.05) is 42.5 Å². The lowest BCUT2D eigenvalue weighted by molar-refractivity contribution is 0.249. The Balaban J connectivity index is 1.33. The second kappa shape index (κ2) is 7.81. The number of phenolic OH excluding ortho intramolecular Hbond substituents is 1. The molecule has 6 heteroatoms. The van der Waals surface area contributed by atoms with Crippen molar-refractivity contribution < 1.29 is 5.11 Å². The van der Waals surface area contributed by atoms with Crippen molar-refractivity contribution in [2.24, 2.45) is 0 Å². The number of aromatic hydroxyl groups is 1. The number of benzene rings is 2. The molecule has 0 spiro atoms. The lowest BCUT2D eigenvalue weighted by Gasteiger charge is -2.35. The fourth-order valence-electron chi connectivity index (χ4n) is 3.87. The molecule has 1 aliphatic heterocycles. The van der Waals surface area contributed by atoms with E-state index < -0.39 is 0 Å². The van der Waals surface area contributed by atoms with E-state index in [0.717, 1.165) is 54.3 Å². The van der Waals surface area contributed by atoms with Gasteiger partial charge in [0.2, 0.25) is 0 Å². The van der Waals surface area contributed by atoms with E-state index in [9.17, 15) is 5.11 Å². The van der Waals surface area contributed by atoms with Crippen LogP contribution in [0.3, 0.4) is 0 Å². The Labute approximate surface area is 173 Å². The lowest BCUT2D eigenvalue weighted by atomic mass is 10.1. The van der Waals surface area contributed by atoms with Gasteiger partial charge in [0, 0.05) is 37.6 Å². The highest BCUT2D eigenvalue weighted by atomic mass is 32.1. The number of phenols is 1. The second-order valence-electron chi connectivity index (χ2n) is 7.33. The first-order valence-corrected chi connectivity index (χ1v) is 10.6. The van der Waals surface area contributed by atoms with Gasteiger partial charge in [-0.25, -0.2) is 9.97 Å². The van der Waals surface area contributed by atoms with Crippen molar-refractivity contribution in [2.45, 2.75) is 6.54 Å². The van der Waals surface area contributed by atoms with Crippen LogP contribution < -0.4 is 4.90 Å². The topological polar surface area (TPSA) is 52.5 Å². The molecular weight excluding hydrogens is 380 g/mol. The maximum absolute atomic E-state index is 9.68. The molecule has 29 heavy (non-hydrogen) atoms. The molecule has 0 atom stereocenters. The van der Waals surface area contributed by atoms with Crippen LogP contribution in [0, 0.1) is 0 Å². The molecule has 0 amide bonds. The minimum absolute atomic E-state index is 0.330. The van der Waals surface area contributed by atoms with E-state index in [1.807, 2.05) is 18.2 Å². The summed E-state index contributed by atoms with van der Waals surface area (Å²) in [6.07, 6.45) is 1.68. The van der Waals surface area contributed by atoms with Crippen LogP contribution in [0.5, 0.6) is 5.75 Å². The van der Waals surface area contributed by atoms with Gasteiger partial charge in [0.1, 0.15) is 22.7 Å². The zero-order chi connectivity index (χ0) is 19.6. The summed E-state index contributed by atoms with van der Waals surface area (Å²) in [6.45, 7) is 4.66. The van der Waals surface area contributed by atoms with Gasteiger partial charge in [-0.3, -0.25) is 4.90 Å². The van der Waals surface area contributed by atoms with Crippen LogP contribution in [0.1, 0.15) is 5.56 Å². The third kappa shape index (κ3) is 3.81. The first-order valence-electron chi connectivity index (χ1n) is 9.81. The molecule has 1 N–H and O–H groups in total. The summed E-state index contributed by atoms with van der Waals surface area (Å²) in [5.41, 5.74) is 2.37. The van der Waals surface area contributed by atoms with Crippen molar-refractivity contribution in [3.8, 4) is 16.2 Å². The second-order valence-corrected chi connectivity index (χ2v) is 8.36. The first-order chi connectivity index (χ1) is 14.3. The predicted octanol–water partition coefficient (Wildman–Crippen LogP) is 4.39. The Morgan fingerprint density at radius 2 is 1.72 bits per heavy atom. The number of hydrogen-bond donors (Lipinski definition) is 1. The van der Waals surface area contributed by atoms with Crippen LogP contribution in [0.25, 0.3) is 20.7 Å². The number of rotatable bonds is 4. The van der Waals surface area contributed by atoms with Gasteiger partial charge in [0.05, 0.1) is 5.39 Å². The fourth-order valence-corrected chi connectivity index (χ4v) is 4.87. The predicted molar refractivity (Wildman–Crippen MR) is 118 cm³/mol. The van der Waals surface area contributed by atoms with Gasteiger partial charge in [-0.05, 0) is 29.3 Å². The number of piperazine rings is 1. The quantitative estimate of drug-likeness (QED) is 0.549. The number of thiophene rings is 1. The van der Waals surface area contributed by atoms with Gasteiger partial charge < -0.3 is 10.0 Å². The Bertz CT molecular complexity index is 1120. The van der Waals surface area contributed by atoms with E-state index in [-0.39, 0.29) is 0 Å². The number of aromatic nitrogens is 2. The monoisotopic (exact) mass is 402 g/mol. The van der Waals surface area contributed by atoms with Crippen molar-refractivity contribution in [1.29, 1.82) is 0 Å².